The predicted molar refractivity (Wildman–Crippen MR) is 105 cm³/mol. The summed E-state index contributed by atoms with van der Waals surface area (Å²) in [6.07, 6.45) is -0.738. The van der Waals surface area contributed by atoms with Crippen LogP contribution in [0.1, 0.15) is 49.8 Å². The molecule has 0 saturated carbocycles. The lowest BCUT2D eigenvalue weighted by Gasteiger charge is -2.13. The average Bonchev–Trinajstić information content (AvgIpc) is 3.17. The highest BCUT2D eigenvalue weighted by Crippen LogP contribution is 2.24. The summed E-state index contributed by atoms with van der Waals surface area (Å²) >= 11 is 0. The number of esters is 1. The molecule has 0 N–H and O–H groups in total. The van der Waals surface area contributed by atoms with Crippen molar-refractivity contribution in [3.63, 3.8) is 0 Å². The Kier molecular flexibility index (Phi) is 6.26. The minimum absolute atomic E-state index is 0.148. The molecular weight excluding hydrogens is 375 g/mol. The van der Waals surface area contributed by atoms with Gasteiger partial charge in [-0.3, -0.25) is 0 Å². The third-order valence-electron chi connectivity index (χ3n) is 4.41. The number of hydrogen-bond donors (Lipinski definition) is 0. The average molecular weight is 398 g/mol. The SMILES string of the molecule is Cc1cc(OCC(=O)O[C@@H](C)c2nnc(-c3ccc(F)cc3)o2)ccc1C(C)C. The lowest BCUT2D eigenvalue weighted by atomic mass is 9.98. The molecule has 1 heterocycles. The van der Waals surface area contributed by atoms with Crippen molar-refractivity contribution in [3.8, 4) is 17.2 Å². The van der Waals surface area contributed by atoms with Gasteiger partial charge in [0, 0.05) is 5.56 Å². The van der Waals surface area contributed by atoms with Crippen molar-refractivity contribution in [2.75, 3.05) is 6.61 Å². The van der Waals surface area contributed by atoms with Crippen LogP contribution in [0.5, 0.6) is 5.75 Å². The van der Waals surface area contributed by atoms with Gasteiger partial charge in [-0.2, -0.15) is 0 Å². The predicted octanol–water partition coefficient (Wildman–Crippen LogP) is 4.99. The Hall–Kier alpha value is -3.22. The first-order valence-corrected chi connectivity index (χ1v) is 9.35. The van der Waals surface area contributed by atoms with Crippen LogP contribution in [0, 0.1) is 12.7 Å². The summed E-state index contributed by atoms with van der Waals surface area (Å²) in [6.45, 7) is 7.66. The smallest absolute Gasteiger partial charge is 0.344 e. The van der Waals surface area contributed by atoms with E-state index in [2.05, 4.69) is 24.0 Å². The molecule has 0 bridgehead atoms. The van der Waals surface area contributed by atoms with E-state index < -0.39 is 12.1 Å². The van der Waals surface area contributed by atoms with Gasteiger partial charge in [-0.1, -0.05) is 19.9 Å². The first-order valence-electron chi connectivity index (χ1n) is 9.35. The fourth-order valence-corrected chi connectivity index (χ4v) is 2.92. The summed E-state index contributed by atoms with van der Waals surface area (Å²) in [5.41, 5.74) is 2.92. The molecule has 7 heteroatoms. The monoisotopic (exact) mass is 398 g/mol. The van der Waals surface area contributed by atoms with Crippen LogP contribution < -0.4 is 4.74 Å². The van der Waals surface area contributed by atoms with Gasteiger partial charge >= 0.3 is 5.97 Å². The quantitative estimate of drug-likeness (QED) is 0.522. The van der Waals surface area contributed by atoms with Gasteiger partial charge in [0.15, 0.2) is 12.7 Å². The van der Waals surface area contributed by atoms with Crippen molar-refractivity contribution in [1.29, 1.82) is 0 Å². The minimum Gasteiger partial charge on any atom is -0.482 e. The van der Waals surface area contributed by atoms with E-state index in [1.807, 2.05) is 25.1 Å². The number of aromatic nitrogens is 2. The Morgan fingerprint density at radius 1 is 1.10 bits per heavy atom. The van der Waals surface area contributed by atoms with E-state index in [-0.39, 0.29) is 24.2 Å². The number of nitrogens with zero attached hydrogens (tertiary/aromatic N) is 2. The molecule has 152 valence electrons. The summed E-state index contributed by atoms with van der Waals surface area (Å²) in [5.74, 6) is 0.487. The van der Waals surface area contributed by atoms with Gasteiger partial charge in [0.2, 0.25) is 5.89 Å². The molecule has 0 unspecified atom stereocenters. The van der Waals surface area contributed by atoms with Crippen molar-refractivity contribution < 1.29 is 23.1 Å². The molecule has 0 amide bonds. The van der Waals surface area contributed by atoms with Crippen molar-refractivity contribution in [2.24, 2.45) is 0 Å². The van der Waals surface area contributed by atoms with Crippen molar-refractivity contribution in [1.82, 2.24) is 10.2 Å². The van der Waals surface area contributed by atoms with E-state index in [0.717, 1.165) is 5.56 Å². The van der Waals surface area contributed by atoms with Gasteiger partial charge in [-0.25, -0.2) is 9.18 Å². The maximum Gasteiger partial charge on any atom is 0.344 e. The lowest BCUT2D eigenvalue weighted by Crippen LogP contribution is -2.17. The Balaban J connectivity index is 1.55. The number of carbonyl (C=O) groups is 1. The third kappa shape index (κ3) is 5.19. The molecule has 0 spiro atoms. The largest absolute Gasteiger partial charge is 0.482 e. The zero-order valence-electron chi connectivity index (χ0n) is 16.8. The van der Waals surface area contributed by atoms with Gasteiger partial charge < -0.3 is 13.9 Å². The number of ether oxygens (including phenoxy) is 2. The molecule has 29 heavy (non-hydrogen) atoms. The lowest BCUT2D eigenvalue weighted by molar-refractivity contribution is -0.152. The van der Waals surface area contributed by atoms with Gasteiger partial charge in [-0.15, -0.1) is 10.2 Å². The molecule has 0 fully saturated rings. The van der Waals surface area contributed by atoms with Crippen LogP contribution in [-0.4, -0.2) is 22.8 Å². The Labute approximate surface area is 168 Å². The standard InChI is InChI=1S/C22H23FN2O4/c1-13(2)19-10-9-18(11-14(19)3)27-12-20(26)28-15(4)21-24-25-22(29-21)16-5-7-17(23)8-6-16/h5-11,13,15H,12H2,1-4H3/t15-/m0/s1. The van der Waals surface area contributed by atoms with Gasteiger partial charge in [0.1, 0.15) is 11.6 Å². The molecule has 1 atom stereocenters. The summed E-state index contributed by atoms with van der Waals surface area (Å²) in [7, 11) is 0. The van der Waals surface area contributed by atoms with Crippen molar-refractivity contribution >= 4 is 5.97 Å². The topological polar surface area (TPSA) is 74.5 Å². The zero-order chi connectivity index (χ0) is 21.0. The minimum atomic E-state index is -0.738. The van der Waals surface area contributed by atoms with E-state index in [1.54, 1.807) is 6.92 Å². The molecular formula is C22H23FN2O4. The highest BCUT2D eigenvalue weighted by atomic mass is 19.1. The first kappa shape index (κ1) is 20.5. The van der Waals surface area contributed by atoms with E-state index in [0.29, 0.717) is 17.2 Å². The fraction of sp³-hybridized carbons (Fsp3) is 0.318. The second-order valence-electron chi connectivity index (χ2n) is 7.05. The number of hydrogen-bond acceptors (Lipinski definition) is 6. The molecule has 3 rings (SSSR count). The molecule has 0 aliphatic carbocycles. The Bertz CT molecular complexity index is 983. The van der Waals surface area contributed by atoms with Gasteiger partial charge in [0.05, 0.1) is 0 Å². The number of benzene rings is 2. The summed E-state index contributed by atoms with van der Waals surface area (Å²) in [4.78, 5) is 12.1. The summed E-state index contributed by atoms with van der Waals surface area (Å²) in [6, 6.07) is 11.4. The van der Waals surface area contributed by atoms with Crippen LogP contribution >= 0.6 is 0 Å². The maximum absolute atomic E-state index is 13.0. The zero-order valence-corrected chi connectivity index (χ0v) is 16.8. The van der Waals surface area contributed by atoms with Crippen molar-refractivity contribution in [3.05, 3.63) is 65.3 Å². The third-order valence-corrected chi connectivity index (χ3v) is 4.41. The normalized spacial score (nSPS) is 12.1. The van der Waals surface area contributed by atoms with E-state index in [9.17, 15) is 9.18 Å². The molecule has 0 aliphatic heterocycles. The molecule has 2 aromatic carbocycles. The molecule has 3 aromatic rings. The highest BCUT2D eigenvalue weighted by Gasteiger charge is 2.19. The van der Waals surface area contributed by atoms with E-state index in [4.69, 9.17) is 13.9 Å². The van der Waals surface area contributed by atoms with Crippen LogP contribution in [0.15, 0.2) is 46.9 Å². The second kappa shape index (κ2) is 8.86. The molecule has 6 nitrogen and oxygen atoms in total. The van der Waals surface area contributed by atoms with Crippen LogP contribution in [-0.2, 0) is 9.53 Å². The van der Waals surface area contributed by atoms with E-state index >= 15 is 0 Å². The molecule has 0 aliphatic rings. The van der Waals surface area contributed by atoms with Crippen LogP contribution in [0.2, 0.25) is 0 Å². The number of carbonyl (C=O) groups excluding carboxylic acids is 1. The fourth-order valence-electron chi connectivity index (χ4n) is 2.92. The van der Waals surface area contributed by atoms with Crippen LogP contribution in [0.25, 0.3) is 11.5 Å². The van der Waals surface area contributed by atoms with Gasteiger partial charge in [-0.05, 0) is 67.3 Å². The van der Waals surface area contributed by atoms with Crippen LogP contribution in [0.4, 0.5) is 4.39 Å². The number of halogens is 1. The Morgan fingerprint density at radius 3 is 2.48 bits per heavy atom. The molecule has 1 aromatic heterocycles. The second-order valence-corrected chi connectivity index (χ2v) is 7.05. The highest BCUT2D eigenvalue weighted by molar-refractivity contribution is 5.71. The Morgan fingerprint density at radius 2 is 1.83 bits per heavy atom. The molecule has 0 saturated heterocycles. The molecule has 0 radical (unpaired) electrons. The summed E-state index contributed by atoms with van der Waals surface area (Å²) < 4.78 is 29.4. The number of rotatable bonds is 7. The maximum atomic E-state index is 13.0. The number of aryl methyl sites for hydroxylation is 1. The van der Waals surface area contributed by atoms with Gasteiger partial charge in [0.25, 0.3) is 5.89 Å². The van der Waals surface area contributed by atoms with E-state index in [1.165, 1.54) is 29.8 Å². The summed E-state index contributed by atoms with van der Waals surface area (Å²) in [5, 5.41) is 7.80. The van der Waals surface area contributed by atoms with Crippen molar-refractivity contribution in [2.45, 2.75) is 39.7 Å². The first-order chi connectivity index (χ1) is 13.8. The van der Waals surface area contributed by atoms with Crippen LogP contribution in [0.3, 0.4) is 0 Å².